The van der Waals surface area contributed by atoms with Gasteiger partial charge in [0.25, 0.3) is 11.8 Å². The van der Waals surface area contributed by atoms with Gasteiger partial charge in [-0.05, 0) is 31.2 Å². The van der Waals surface area contributed by atoms with E-state index >= 15 is 0 Å². The number of allylic oxidation sites excluding steroid dienone is 2. The fraction of sp³-hybridized carbons (Fsp3) is 0.381. The fourth-order valence-corrected chi connectivity index (χ4v) is 4.49. The molecule has 0 radical (unpaired) electrons. The maximum atomic E-state index is 12.7. The Morgan fingerprint density at radius 3 is 2.47 bits per heavy atom. The molecule has 1 aliphatic heterocycles. The maximum Gasteiger partial charge on any atom is 0.315 e. The number of imide groups is 1. The van der Waals surface area contributed by atoms with Crippen molar-refractivity contribution in [3.05, 3.63) is 52.6 Å². The van der Waals surface area contributed by atoms with Gasteiger partial charge in [0, 0.05) is 11.6 Å². The number of benzene rings is 1. The van der Waals surface area contributed by atoms with E-state index in [-0.39, 0.29) is 65.9 Å². The van der Waals surface area contributed by atoms with Crippen molar-refractivity contribution in [1.29, 1.82) is 0 Å². The molecule has 156 valence electrons. The van der Waals surface area contributed by atoms with Crippen molar-refractivity contribution >= 4 is 23.7 Å². The molecular formula is C21H21N3O6. The molecule has 3 aliphatic rings. The topological polar surface area (TPSA) is 111 Å². The van der Waals surface area contributed by atoms with Gasteiger partial charge < -0.3 is 9.47 Å². The summed E-state index contributed by atoms with van der Waals surface area (Å²) in [6.45, 7) is 5.62. The van der Waals surface area contributed by atoms with Crippen molar-refractivity contribution in [3.8, 4) is 11.5 Å². The number of hydrogen-bond donors (Lipinski definition) is 0. The summed E-state index contributed by atoms with van der Waals surface area (Å²) in [4.78, 5) is 36.4. The van der Waals surface area contributed by atoms with E-state index in [1.54, 1.807) is 6.92 Å². The predicted octanol–water partition coefficient (Wildman–Crippen LogP) is 2.70. The van der Waals surface area contributed by atoms with Gasteiger partial charge >= 0.3 is 5.69 Å². The predicted molar refractivity (Wildman–Crippen MR) is 107 cm³/mol. The largest absolute Gasteiger partial charge is 0.490 e. The summed E-state index contributed by atoms with van der Waals surface area (Å²) < 4.78 is 10.9. The highest BCUT2D eigenvalue weighted by Crippen LogP contribution is 2.52. The SMILES string of the molecule is C=CCOc1c(OCC)cc(C=NN2C(=O)[C@@H]3[C@H](C2=O)[C@H]2C=C[C@H]3C2)cc1[N+](=O)[O-]. The Morgan fingerprint density at radius 1 is 1.23 bits per heavy atom. The van der Waals surface area contributed by atoms with Crippen molar-refractivity contribution < 1.29 is 24.0 Å². The van der Waals surface area contributed by atoms with Gasteiger partial charge in [-0.2, -0.15) is 10.1 Å². The van der Waals surface area contributed by atoms with Crippen LogP contribution in [-0.4, -0.2) is 41.2 Å². The van der Waals surface area contributed by atoms with Crippen molar-refractivity contribution in [2.45, 2.75) is 13.3 Å². The number of nitro benzene ring substituents is 1. The van der Waals surface area contributed by atoms with Crippen LogP contribution in [0.4, 0.5) is 5.69 Å². The normalized spacial score (nSPS) is 26.5. The van der Waals surface area contributed by atoms with E-state index in [1.165, 1.54) is 24.4 Å². The molecule has 2 fully saturated rings. The maximum absolute atomic E-state index is 12.7. The first-order valence-corrected chi connectivity index (χ1v) is 9.75. The van der Waals surface area contributed by atoms with E-state index in [1.807, 2.05) is 12.2 Å². The van der Waals surface area contributed by atoms with E-state index in [0.717, 1.165) is 11.4 Å². The van der Waals surface area contributed by atoms with Crippen LogP contribution in [-0.2, 0) is 9.59 Å². The number of fused-ring (bicyclic) bond motifs is 5. The number of carbonyl (C=O) groups is 2. The van der Waals surface area contributed by atoms with Gasteiger partial charge in [0.2, 0.25) is 5.75 Å². The molecule has 0 N–H and O–H groups in total. The highest BCUT2D eigenvalue weighted by Gasteiger charge is 2.59. The third-order valence-electron chi connectivity index (χ3n) is 5.67. The molecule has 1 aromatic carbocycles. The number of ether oxygens (including phenoxy) is 2. The summed E-state index contributed by atoms with van der Waals surface area (Å²) in [6, 6.07) is 2.79. The Bertz CT molecular complexity index is 955. The van der Waals surface area contributed by atoms with Crippen LogP contribution < -0.4 is 9.47 Å². The molecule has 4 rings (SSSR count). The van der Waals surface area contributed by atoms with Crippen LogP contribution in [0.3, 0.4) is 0 Å². The van der Waals surface area contributed by atoms with Gasteiger partial charge in [-0.3, -0.25) is 19.7 Å². The molecule has 0 aromatic heterocycles. The van der Waals surface area contributed by atoms with Gasteiger partial charge in [0.05, 0.1) is 29.6 Å². The first-order valence-electron chi connectivity index (χ1n) is 9.75. The summed E-state index contributed by atoms with van der Waals surface area (Å²) in [7, 11) is 0. The molecule has 9 heteroatoms. The van der Waals surface area contributed by atoms with Crippen molar-refractivity contribution in [2.75, 3.05) is 13.2 Å². The molecule has 4 atom stereocenters. The molecule has 1 heterocycles. The molecule has 0 unspecified atom stereocenters. The smallest absolute Gasteiger partial charge is 0.315 e. The van der Waals surface area contributed by atoms with Crippen LogP contribution in [0.1, 0.15) is 18.9 Å². The van der Waals surface area contributed by atoms with Gasteiger partial charge in [-0.25, -0.2) is 0 Å². The fourth-order valence-electron chi connectivity index (χ4n) is 4.49. The van der Waals surface area contributed by atoms with Crippen LogP contribution in [0.25, 0.3) is 0 Å². The molecule has 2 aliphatic carbocycles. The van der Waals surface area contributed by atoms with E-state index in [9.17, 15) is 19.7 Å². The molecule has 1 saturated heterocycles. The quantitative estimate of drug-likeness (QED) is 0.214. The average Bonchev–Trinajstić information content (AvgIpc) is 3.40. The Balaban J connectivity index is 1.63. The first-order chi connectivity index (χ1) is 14.5. The molecule has 0 spiro atoms. The summed E-state index contributed by atoms with van der Waals surface area (Å²) in [5.74, 6) is -1.00. The Kier molecular flexibility index (Phi) is 5.11. The number of hydrogen-bond acceptors (Lipinski definition) is 7. The standard InChI is InChI=1S/C21H21N3O6/c1-3-7-30-19-15(24(27)28)8-12(9-16(19)29-4-2)11-22-23-20(25)17-13-5-6-14(10-13)18(17)21(23)26/h3,5-6,8-9,11,13-14,17-18H,1,4,7,10H2,2H3/t13-,14-,17-,18+/m0/s1. The van der Waals surface area contributed by atoms with Crippen LogP contribution in [0.2, 0.25) is 0 Å². The highest BCUT2D eigenvalue weighted by atomic mass is 16.6. The number of nitrogens with zero attached hydrogens (tertiary/aromatic N) is 3. The van der Waals surface area contributed by atoms with Crippen LogP contribution >= 0.6 is 0 Å². The minimum absolute atomic E-state index is 0.00981. The average molecular weight is 411 g/mol. The zero-order valence-corrected chi connectivity index (χ0v) is 16.4. The minimum Gasteiger partial charge on any atom is -0.490 e. The summed E-state index contributed by atoms with van der Waals surface area (Å²) in [6.07, 6.45) is 7.57. The lowest BCUT2D eigenvalue weighted by Gasteiger charge is -2.13. The lowest BCUT2D eigenvalue weighted by atomic mass is 9.85. The second-order valence-corrected chi connectivity index (χ2v) is 7.39. The molecule has 1 aromatic rings. The van der Waals surface area contributed by atoms with Crippen LogP contribution in [0, 0.1) is 33.8 Å². The molecule has 1 saturated carbocycles. The Hall–Kier alpha value is -3.49. The third kappa shape index (κ3) is 3.16. The van der Waals surface area contributed by atoms with Gasteiger partial charge in [-0.1, -0.05) is 24.8 Å². The molecular weight excluding hydrogens is 390 g/mol. The number of carbonyl (C=O) groups excluding carboxylic acids is 2. The van der Waals surface area contributed by atoms with E-state index < -0.39 is 4.92 Å². The second kappa shape index (κ2) is 7.74. The molecule has 2 bridgehead atoms. The first kappa shape index (κ1) is 19.8. The number of amides is 2. The van der Waals surface area contributed by atoms with Crippen molar-refractivity contribution in [2.24, 2.45) is 28.8 Å². The number of rotatable bonds is 8. The molecule has 2 amide bonds. The van der Waals surface area contributed by atoms with E-state index in [0.29, 0.717) is 5.56 Å². The summed E-state index contributed by atoms with van der Waals surface area (Å²) in [5, 5.41) is 16.5. The Morgan fingerprint density at radius 2 is 1.90 bits per heavy atom. The number of hydrazone groups is 1. The lowest BCUT2D eigenvalue weighted by Crippen LogP contribution is -2.28. The molecule has 9 nitrogen and oxygen atoms in total. The number of nitro groups is 1. The monoisotopic (exact) mass is 411 g/mol. The Labute approximate surface area is 172 Å². The van der Waals surface area contributed by atoms with Crippen molar-refractivity contribution in [1.82, 2.24) is 5.01 Å². The zero-order chi connectivity index (χ0) is 21.4. The minimum atomic E-state index is -0.585. The van der Waals surface area contributed by atoms with Crippen LogP contribution in [0.15, 0.2) is 42.0 Å². The van der Waals surface area contributed by atoms with E-state index in [2.05, 4.69) is 11.7 Å². The van der Waals surface area contributed by atoms with E-state index in [4.69, 9.17) is 9.47 Å². The highest BCUT2D eigenvalue weighted by molar-refractivity contribution is 6.06. The second-order valence-electron chi connectivity index (χ2n) is 7.39. The van der Waals surface area contributed by atoms with Gasteiger partial charge in [0.15, 0.2) is 5.75 Å². The zero-order valence-electron chi connectivity index (χ0n) is 16.4. The lowest BCUT2D eigenvalue weighted by molar-refractivity contribution is -0.385. The summed E-state index contributed by atoms with van der Waals surface area (Å²) >= 11 is 0. The molecule has 30 heavy (non-hydrogen) atoms. The van der Waals surface area contributed by atoms with Gasteiger partial charge in [0.1, 0.15) is 6.61 Å². The van der Waals surface area contributed by atoms with Crippen LogP contribution in [0.5, 0.6) is 11.5 Å². The van der Waals surface area contributed by atoms with Crippen molar-refractivity contribution in [3.63, 3.8) is 0 Å². The summed E-state index contributed by atoms with van der Waals surface area (Å²) in [5.41, 5.74) is 0.0114. The third-order valence-corrected chi connectivity index (χ3v) is 5.67. The van der Waals surface area contributed by atoms with Gasteiger partial charge in [-0.15, -0.1) is 0 Å².